The molecule has 21 heavy (non-hydrogen) atoms. The maximum atomic E-state index is 12.5. The van der Waals surface area contributed by atoms with E-state index in [0.717, 1.165) is 25.1 Å². The molecule has 0 bridgehead atoms. The molecular formula is C14H25N3O3S. The average Bonchev–Trinajstić information content (AvgIpc) is 2.78. The Morgan fingerprint density at radius 2 is 2.24 bits per heavy atom. The molecule has 1 fully saturated rings. The molecule has 1 aromatic rings. The van der Waals surface area contributed by atoms with Gasteiger partial charge in [0.1, 0.15) is 0 Å². The van der Waals surface area contributed by atoms with Crippen LogP contribution in [0.1, 0.15) is 32.4 Å². The molecule has 0 saturated carbocycles. The zero-order chi connectivity index (χ0) is 15.5. The first-order chi connectivity index (χ1) is 9.86. The SMILES string of the molecule is CCNCc1cc(S(=O)(=O)NC2(C)CCCOC2)cn1C. The Morgan fingerprint density at radius 3 is 2.86 bits per heavy atom. The van der Waals surface area contributed by atoms with E-state index in [1.54, 1.807) is 12.3 Å². The number of sulfonamides is 1. The molecule has 6 nitrogen and oxygen atoms in total. The normalized spacial score (nSPS) is 23.4. The highest BCUT2D eigenvalue weighted by Crippen LogP contribution is 2.22. The lowest BCUT2D eigenvalue weighted by Gasteiger charge is -2.33. The minimum absolute atomic E-state index is 0.310. The van der Waals surface area contributed by atoms with Crippen LogP contribution in [0.2, 0.25) is 0 Å². The number of hydrogen-bond acceptors (Lipinski definition) is 4. The highest BCUT2D eigenvalue weighted by Gasteiger charge is 2.33. The number of aryl methyl sites for hydroxylation is 1. The van der Waals surface area contributed by atoms with Crippen molar-refractivity contribution in [3.05, 3.63) is 18.0 Å². The predicted molar refractivity (Wildman–Crippen MR) is 81.6 cm³/mol. The third kappa shape index (κ3) is 4.06. The fraction of sp³-hybridized carbons (Fsp3) is 0.714. The Kier molecular flexibility index (Phi) is 5.08. The van der Waals surface area contributed by atoms with E-state index in [1.165, 1.54) is 0 Å². The third-order valence-corrected chi connectivity index (χ3v) is 5.37. The van der Waals surface area contributed by atoms with Gasteiger partial charge >= 0.3 is 0 Å². The fourth-order valence-electron chi connectivity index (χ4n) is 2.55. The van der Waals surface area contributed by atoms with Crippen LogP contribution in [-0.4, -0.2) is 38.3 Å². The summed E-state index contributed by atoms with van der Waals surface area (Å²) >= 11 is 0. The lowest BCUT2D eigenvalue weighted by atomic mass is 9.97. The maximum Gasteiger partial charge on any atom is 0.242 e. The van der Waals surface area contributed by atoms with Gasteiger partial charge < -0.3 is 14.6 Å². The van der Waals surface area contributed by atoms with Crippen LogP contribution < -0.4 is 10.0 Å². The van der Waals surface area contributed by atoms with Crippen LogP contribution >= 0.6 is 0 Å². The largest absolute Gasteiger partial charge is 0.380 e. The van der Waals surface area contributed by atoms with Crippen LogP contribution in [0.5, 0.6) is 0 Å². The van der Waals surface area contributed by atoms with Gasteiger partial charge in [0.2, 0.25) is 10.0 Å². The summed E-state index contributed by atoms with van der Waals surface area (Å²) in [5, 5.41) is 3.20. The van der Waals surface area contributed by atoms with Gasteiger partial charge in [0, 0.05) is 32.1 Å². The van der Waals surface area contributed by atoms with E-state index in [2.05, 4.69) is 10.0 Å². The Morgan fingerprint density at radius 1 is 1.48 bits per heavy atom. The van der Waals surface area contributed by atoms with Gasteiger partial charge in [-0.1, -0.05) is 6.92 Å². The Hall–Kier alpha value is -0.890. The maximum absolute atomic E-state index is 12.5. The second kappa shape index (κ2) is 6.48. The van der Waals surface area contributed by atoms with Crippen LogP contribution in [0.25, 0.3) is 0 Å². The van der Waals surface area contributed by atoms with Crippen molar-refractivity contribution in [3.63, 3.8) is 0 Å². The van der Waals surface area contributed by atoms with Crippen LogP contribution in [0.4, 0.5) is 0 Å². The molecule has 0 amide bonds. The number of rotatable bonds is 6. The molecule has 1 atom stereocenters. The van der Waals surface area contributed by atoms with Crippen LogP contribution in [0.3, 0.4) is 0 Å². The summed E-state index contributed by atoms with van der Waals surface area (Å²) in [5.74, 6) is 0. The monoisotopic (exact) mass is 315 g/mol. The van der Waals surface area contributed by atoms with Crippen molar-refractivity contribution in [1.29, 1.82) is 0 Å². The van der Waals surface area contributed by atoms with E-state index in [0.29, 0.717) is 24.7 Å². The lowest BCUT2D eigenvalue weighted by Crippen LogP contribution is -2.51. The Bertz CT molecular complexity index is 574. The molecule has 0 aromatic carbocycles. The Labute approximate surface area is 126 Å². The van der Waals surface area contributed by atoms with Gasteiger partial charge in [-0.3, -0.25) is 0 Å². The number of ether oxygens (including phenoxy) is 1. The van der Waals surface area contributed by atoms with E-state index in [4.69, 9.17) is 4.74 Å². The third-order valence-electron chi connectivity index (χ3n) is 3.77. The summed E-state index contributed by atoms with van der Waals surface area (Å²) in [7, 11) is -1.67. The summed E-state index contributed by atoms with van der Waals surface area (Å²) in [4.78, 5) is 0.310. The fourth-order valence-corrected chi connectivity index (χ4v) is 4.07. The second-order valence-corrected chi connectivity index (χ2v) is 7.56. The molecule has 0 radical (unpaired) electrons. The molecule has 0 spiro atoms. The first-order valence-corrected chi connectivity index (χ1v) is 8.82. The van der Waals surface area contributed by atoms with E-state index < -0.39 is 15.6 Å². The zero-order valence-electron chi connectivity index (χ0n) is 13.0. The minimum Gasteiger partial charge on any atom is -0.380 e. The van der Waals surface area contributed by atoms with E-state index in [9.17, 15) is 8.42 Å². The molecule has 1 unspecified atom stereocenters. The molecule has 7 heteroatoms. The number of aromatic nitrogens is 1. The van der Waals surface area contributed by atoms with Gasteiger partial charge in [-0.15, -0.1) is 0 Å². The van der Waals surface area contributed by atoms with Crippen molar-refractivity contribution in [3.8, 4) is 0 Å². The first-order valence-electron chi connectivity index (χ1n) is 7.34. The summed E-state index contributed by atoms with van der Waals surface area (Å²) in [6, 6.07) is 1.72. The molecule has 2 heterocycles. The molecule has 1 aliphatic heterocycles. The molecule has 1 aromatic heterocycles. The lowest BCUT2D eigenvalue weighted by molar-refractivity contribution is 0.0386. The zero-order valence-corrected chi connectivity index (χ0v) is 13.8. The van der Waals surface area contributed by atoms with Gasteiger partial charge in [-0.2, -0.15) is 0 Å². The predicted octanol–water partition coefficient (Wildman–Crippen LogP) is 0.982. The van der Waals surface area contributed by atoms with Crippen molar-refractivity contribution in [2.75, 3.05) is 19.8 Å². The van der Waals surface area contributed by atoms with Crippen molar-refractivity contribution in [1.82, 2.24) is 14.6 Å². The number of hydrogen-bond donors (Lipinski definition) is 2. The van der Waals surface area contributed by atoms with Crippen molar-refractivity contribution < 1.29 is 13.2 Å². The summed E-state index contributed by atoms with van der Waals surface area (Å²) < 4.78 is 35.1. The van der Waals surface area contributed by atoms with Crippen LogP contribution in [-0.2, 0) is 28.4 Å². The number of nitrogens with one attached hydrogen (secondary N) is 2. The van der Waals surface area contributed by atoms with Crippen molar-refractivity contribution in [2.45, 2.75) is 43.7 Å². The molecule has 120 valence electrons. The summed E-state index contributed by atoms with van der Waals surface area (Å²) in [6.45, 7) is 6.54. The molecular weight excluding hydrogens is 290 g/mol. The van der Waals surface area contributed by atoms with Crippen LogP contribution in [0, 0.1) is 0 Å². The second-order valence-electron chi connectivity index (χ2n) is 5.88. The van der Waals surface area contributed by atoms with E-state index in [-0.39, 0.29) is 0 Å². The molecule has 1 aliphatic rings. The molecule has 2 rings (SSSR count). The molecule has 0 aliphatic carbocycles. The van der Waals surface area contributed by atoms with E-state index in [1.807, 2.05) is 25.5 Å². The van der Waals surface area contributed by atoms with Gasteiger partial charge in [0.15, 0.2) is 0 Å². The van der Waals surface area contributed by atoms with Crippen molar-refractivity contribution in [2.24, 2.45) is 7.05 Å². The average molecular weight is 315 g/mol. The topological polar surface area (TPSA) is 72.4 Å². The van der Waals surface area contributed by atoms with Gasteiger partial charge in [0.25, 0.3) is 0 Å². The smallest absolute Gasteiger partial charge is 0.242 e. The standard InChI is InChI=1S/C14H25N3O3S/c1-4-15-9-12-8-13(10-17(12)3)21(18,19)16-14(2)6-5-7-20-11-14/h8,10,15-16H,4-7,9,11H2,1-3H3. The van der Waals surface area contributed by atoms with E-state index >= 15 is 0 Å². The Balaban J connectivity index is 2.15. The first kappa shape index (κ1) is 16.5. The minimum atomic E-state index is -3.52. The van der Waals surface area contributed by atoms with Gasteiger partial charge in [-0.05, 0) is 32.4 Å². The molecule has 2 N–H and O–H groups in total. The summed E-state index contributed by atoms with van der Waals surface area (Å²) in [5.41, 5.74) is 0.427. The van der Waals surface area contributed by atoms with Gasteiger partial charge in [0.05, 0.1) is 17.0 Å². The number of nitrogens with zero attached hydrogens (tertiary/aromatic N) is 1. The summed E-state index contributed by atoms with van der Waals surface area (Å²) in [6.07, 6.45) is 3.32. The van der Waals surface area contributed by atoms with Crippen molar-refractivity contribution >= 4 is 10.0 Å². The highest BCUT2D eigenvalue weighted by atomic mass is 32.2. The quantitative estimate of drug-likeness (QED) is 0.821. The molecule has 1 saturated heterocycles. The van der Waals surface area contributed by atoms with Gasteiger partial charge in [-0.25, -0.2) is 13.1 Å². The highest BCUT2D eigenvalue weighted by molar-refractivity contribution is 7.89. The van der Waals surface area contributed by atoms with Crippen LogP contribution in [0.15, 0.2) is 17.2 Å².